The van der Waals surface area contributed by atoms with Crippen molar-refractivity contribution in [3.63, 3.8) is 0 Å². The normalized spacial score (nSPS) is 11.9. The van der Waals surface area contributed by atoms with Crippen LogP contribution in [0.4, 0.5) is 0 Å². The molecule has 4 rings (SSSR count). The smallest absolute Gasteiger partial charge is 0.182 e. The van der Waals surface area contributed by atoms with Gasteiger partial charge in [0.1, 0.15) is 0 Å². The van der Waals surface area contributed by atoms with Gasteiger partial charge in [-0.3, -0.25) is 0 Å². The number of hydrogen-bond donors (Lipinski definition) is 0. The summed E-state index contributed by atoms with van der Waals surface area (Å²) in [5.74, 6) is 0. The quantitative estimate of drug-likeness (QED) is 0.169. The van der Waals surface area contributed by atoms with Gasteiger partial charge in [0.15, 0.2) is 12.8 Å². The van der Waals surface area contributed by atoms with Crippen molar-refractivity contribution < 1.29 is 4.74 Å². The fraction of sp³-hybridized carbons (Fsp3) is 0.0455. The molecule has 0 fully saturated rings. The number of fused-ring (bicyclic) bond motifs is 3. The molecule has 0 atom stereocenters. The Balaban J connectivity index is 1.84. The van der Waals surface area contributed by atoms with Gasteiger partial charge in [0.2, 0.25) is 0 Å². The molecule has 4 aromatic rings. The van der Waals surface area contributed by atoms with Crippen LogP contribution < -0.4 is 0 Å². The second kappa shape index (κ2) is 6.17. The van der Waals surface area contributed by atoms with Gasteiger partial charge in [-0.15, -0.1) is 0 Å². The maximum atomic E-state index is 12.4. The molecule has 0 saturated carbocycles. The van der Waals surface area contributed by atoms with Gasteiger partial charge >= 0.3 is 0 Å². The Labute approximate surface area is 140 Å². The average molecular weight is 311 g/mol. The Morgan fingerprint density at radius 3 is 2.12 bits per heavy atom. The van der Waals surface area contributed by atoms with E-state index in [2.05, 4.69) is 30.3 Å². The fourth-order valence-electron chi connectivity index (χ4n) is 3.15. The lowest BCUT2D eigenvalue weighted by atomic mass is 9.98. The van der Waals surface area contributed by atoms with Gasteiger partial charge in [-0.1, -0.05) is 78.9 Å². The summed E-state index contributed by atoms with van der Waals surface area (Å²) in [5.41, 5.74) is 1.96. The minimum Gasteiger partial charge on any atom is -0.624 e. The van der Waals surface area contributed by atoms with E-state index in [0.29, 0.717) is 6.54 Å². The van der Waals surface area contributed by atoms with Crippen molar-refractivity contribution in [3.8, 4) is 0 Å². The summed E-state index contributed by atoms with van der Waals surface area (Å²) in [4.78, 5) is 0. The Kier molecular flexibility index (Phi) is 3.72. The van der Waals surface area contributed by atoms with Crippen LogP contribution in [-0.4, -0.2) is 11.0 Å². The van der Waals surface area contributed by atoms with Crippen LogP contribution in [-0.2, 0) is 6.54 Å². The molecule has 0 aliphatic rings. The van der Waals surface area contributed by atoms with E-state index in [1.807, 2.05) is 54.6 Å². The molecule has 0 spiro atoms. The van der Waals surface area contributed by atoms with Crippen LogP contribution >= 0.6 is 0 Å². The van der Waals surface area contributed by atoms with Gasteiger partial charge in [0, 0.05) is 11.1 Å². The highest BCUT2D eigenvalue weighted by Crippen LogP contribution is 2.27. The van der Waals surface area contributed by atoms with Gasteiger partial charge in [-0.25, -0.2) is 4.74 Å². The van der Waals surface area contributed by atoms with Crippen molar-refractivity contribution in [2.45, 2.75) is 6.54 Å². The Morgan fingerprint density at radius 1 is 0.708 bits per heavy atom. The van der Waals surface area contributed by atoms with Gasteiger partial charge in [0.05, 0.1) is 0 Å². The van der Waals surface area contributed by atoms with Gasteiger partial charge in [0.25, 0.3) is 0 Å². The SMILES string of the molecule is [O-]/[N+](=C\c1cc2ccccc2c2ccccc12)Cc1ccccc1. The van der Waals surface area contributed by atoms with Gasteiger partial charge < -0.3 is 5.21 Å². The summed E-state index contributed by atoms with van der Waals surface area (Å²) in [5, 5.41) is 17.1. The zero-order valence-corrected chi connectivity index (χ0v) is 13.2. The second-order valence-electron chi connectivity index (χ2n) is 5.92. The lowest BCUT2D eigenvalue weighted by Gasteiger charge is -2.09. The maximum Gasteiger partial charge on any atom is 0.182 e. The summed E-state index contributed by atoms with van der Waals surface area (Å²) >= 11 is 0. The van der Waals surface area contributed by atoms with Gasteiger partial charge in [-0.05, 0) is 27.6 Å². The molecule has 0 saturated heterocycles. The van der Waals surface area contributed by atoms with E-state index in [1.165, 1.54) is 10.8 Å². The molecule has 0 heterocycles. The molecule has 0 aliphatic carbocycles. The third kappa shape index (κ3) is 2.74. The summed E-state index contributed by atoms with van der Waals surface area (Å²) in [7, 11) is 0. The topological polar surface area (TPSA) is 26.1 Å². The summed E-state index contributed by atoms with van der Waals surface area (Å²) in [6, 6.07) is 28.4. The molecule has 2 nitrogen and oxygen atoms in total. The highest BCUT2D eigenvalue weighted by Gasteiger charge is 2.07. The predicted molar refractivity (Wildman–Crippen MR) is 100 cm³/mol. The third-order valence-electron chi connectivity index (χ3n) is 4.26. The van der Waals surface area contributed by atoms with Crippen LogP contribution in [0.5, 0.6) is 0 Å². The predicted octanol–water partition coefficient (Wildman–Crippen LogP) is 5.12. The molecule has 24 heavy (non-hydrogen) atoms. The first-order chi connectivity index (χ1) is 11.8. The van der Waals surface area contributed by atoms with E-state index in [0.717, 1.165) is 26.6 Å². The van der Waals surface area contributed by atoms with E-state index in [4.69, 9.17) is 0 Å². The van der Waals surface area contributed by atoms with E-state index in [-0.39, 0.29) is 0 Å². The lowest BCUT2D eigenvalue weighted by molar-refractivity contribution is -0.469. The van der Waals surface area contributed by atoms with Crippen LogP contribution in [0.25, 0.3) is 21.5 Å². The van der Waals surface area contributed by atoms with Crippen molar-refractivity contribution in [1.29, 1.82) is 0 Å². The monoisotopic (exact) mass is 311 g/mol. The molecule has 0 bridgehead atoms. The summed E-state index contributed by atoms with van der Waals surface area (Å²) in [6.07, 6.45) is 1.70. The number of benzene rings is 4. The summed E-state index contributed by atoms with van der Waals surface area (Å²) in [6.45, 7) is 0.349. The average Bonchev–Trinajstić information content (AvgIpc) is 2.63. The van der Waals surface area contributed by atoms with Crippen molar-refractivity contribution in [3.05, 3.63) is 101 Å². The maximum absolute atomic E-state index is 12.4. The molecule has 0 aromatic heterocycles. The zero-order valence-electron chi connectivity index (χ0n) is 13.2. The number of nitrogens with zero attached hydrogens (tertiary/aromatic N) is 1. The molecule has 0 N–H and O–H groups in total. The van der Waals surface area contributed by atoms with Crippen LogP contribution in [0.15, 0.2) is 84.9 Å². The van der Waals surface area contributed by atoms with Crippen molar-refractivity contribution in [1.82, 2.24) is 0 Å². The molecule has 0 aliphatic heterocycles. The van der Waals surface area contributed by atoms with E-state index < -0.39 is 0 Å². The molecule has 116 valence electrons. The first-order valence-corrected chi connectivity index (χ1v) is 8.04. The van der Waals surface area contributed by atoms with Crippen LogP contribution in [0.1, 0.15) is 11.1 Å². The first-order valence-electron chi connectivity index (χ1n) is 8.04. The molecule has 4 aromatic carbocycles. The largest absolute Gasteiger partial charge is 0.624 e. The van der Waals surface area contributed by atoms with E-state index in [1.54, 1.807) is 6.21 Å². The molecular weight excluding hydrogens is 294 g/mol. The standard InChI is InChI=1S/C22H17NO/c24-23(15-17-8-2-1-3-9-17)16-19-14-18-10-4-5-11-20(18)22-13-7-6-12-21(19)22/h1-14,16H,15H2/b23-16-. The molecule has 0 unspecified atom stereocenters. The number of hydroxylamine groups is 1. The molecule has 0 amide bonds. The van der Waals surface area contributed by atoms with Crippen LogP contribution in [0.3, 0.4) is 0 Å². The molecule has 0 radical (unpaired) electrons. The lowest BCUT2D eigenvalue weighted by Crippen LogP contribution is -2.06. The Morgan fingerprint density at radius 2 is 1.33 bits per heavy atom. The van der Waals surface area contributed by atoms with Gasteiger partial charge in [-0.2, -0.15) is 0 Å². The minimum absolute atomic E-state index is 0.349. The van der Waals surface area contributed by atoms with Crippen LogP contribution in [0, 0.1) is 5.21 Å². The first kappa shape index (κ1) is 14.5. The molecular formula is C22H17NO. The van der Waals surface area contributed by atoms with Crippen LogP contribution in [0.2, 0.25) is 0 Å². The summed E-state index contributed by atoms with van der Waals surface area (Å²) < 4.78 is 1.01. The highest BCUT2D eigenvalue weighted by molar-refractivity contribution is 6.13. The van der Waals surface area contributed by atoms with Crippen molar-refractivity contribution in [2.75, 3.05) is 0 Å². The second-order valence-corrected chi connectivity index (χ2v) is 5.92. The highest BCUT2D eigenvalue weighted by atomic mass is 16.5. The Hall–Kier alpha value is -3.13. The van der Waals surface area contributed by atoms with Crippen molar-refractivity contribution >= 4 is 27.8 Å². The van der Waals surface area contributed by atoms with Crippen molar-refractivity contribution in [2.24, 2.45) is 0 Å². The van der Waals surface area contributed by atoms with E-state index in [9.17, 15) is 5.21 Å². The zero-order chi connectivity index (χ0) is 16.4. The fourth-order valence-corrected chi connectivity index (χ4v) is 3.15. The molecule has 2 heteroatoms. The Bertz CT molecular complexity index is 1040. The number of rotatable bonds is 3. The minimum atomic E-state index is 0.349. The number of hydrogen-bond acceptors (Lipinski definition) is 1. The third-order valence-corrected chi connectivity index (χ3v) is 4.26. The van der Waals surface area contributed by atoms with E-state index >= 15 is 0 Å².